The Labute approximate surface area is 305 Å². The highest BCUT2D eigenvalue weighted by molar-refractivity contribution is 6.03. The van der Waals surface area contributed by atoms with Crippen LogP contribution in [0.25, 0.3) is 55.7 Å². The molecule has 6 aromatic rings. The van der Waals surface area contributed by atoms with Crippen molar-refractivity contribution in [2.45, 2.75) is 27.7 Å². The zero-order valence-electron chi connectivity index (χ0n) is 29.6. The predicted molar refractivity (Wildman–Crippen MR) is 193 cm³/mol. The van der Waals surface area contributed by atoms with E-state index in [-0.39, 0.29) is 78.9 Å². The van der Waals surface area contributed by atoms with Crippen molar-refractivity contribution in [3.63, 3.8) is 0 Å². The minimum atomic E-state index is -0.754. The highest BCUT2D eigenvalue weighted by Gasteiger charge is 2.27. The second kappa shape index (κ2) is 14.8. The van der Waals surface area contributed by atoms with E-state index in [9.17, 15) is 28.8 Å². The van der Waals surface area contributed by atoms with Gasteiger partial charge < -0.3 is 37.3 Å². The van der Waals surface area contributed by atoms with Crippen molar-refractivity contribution >= 4 is 45.8 Å². The van der Waals surface area contributed by atoms with Gasteiger partial charge in [-0.05, 0) is 42.5 Å². The van der Waals surface area contributed by atoms with Crippen molar-refractivity contribution in [3.05, 3.63) is 93.2 Å². The summed E-state index contributed by atoms with van der Waals surface area (Å²) in [7, 11) is 2.90. The van der Waals surface area contributed by atoms with Crippen LogP contribution in [0.1, 0.15) is 27.7 Å². The molecule has 0 aliphatic carbocycles. The second-order valence-electron chi connectivity index (χ2n) is 11.7. The van der Waals surface area contributed by atoms with Gasteiger partial charge >= 0.3 is 23.9 Å². The third-order valence-corrected chi connectivity index (χ3v) is 7.85. The third-order valence-electron chi connectivity index (χ3n) is 7.85. The van der Waals surface area contributed by atoms with E-state index in [4.69, 9.17) is 37.3 Å². The molecule has 0 aliphatic rings. The number of esters is 4. The molecule has 2 aromatic heterocycles. The van der Waals surface area contributed by atoms with Gasteiger partial charge in [-0.2, -0.15) is 0 Å². The lowest BCUT2D eigenvalue weighted by atomic mass is 9.96. The molecule has 0 bridgehead atoms. The second-order valence-corrected chi connectivity index (χ2v) is 11.7. The maximum Gasteiger partial charge on any atom is 0.308 e. The summed E-state index contributed by atoms with van der Waals surface area (Å²) in [6, 6.07) is 17.5. The van der Waals surface area contributed by atoms with Crippen LogP contribution in [0.3, 0.4) is 0 Å². The predicted octanol–water partition coefficient (Wildman–Crippen LogP) is 6.62. The lowest BCUT2D eigenvalue weighted by molar-refractivity contribution is -0.133. The summed E-state index contributed by atoms with van der Waals surface area (Å²) < 4.78 is 45.0. The van der Waals surface area contributed by atoms with Gasteiger partial charge in [0.25, 0.3) is 0 Å². The molecule has 4 aromatic carbocycles. The summed E-state index contributed by atoms with van der Waals surface area (Å²) in [6.45, 7) is 4.63. The number of fused-ring (bicyclic) bond motifs is 2. The van der Waals surface area contributed by atoms with Gasteiger partial charge in [0.2, 0.25) is 0 Å². The van der Waals surface area contributed by atoms with Gasteiger partial charge in [0.1, 0.15) is 62.4 Å². The molecule has 14 heteroatoms. The Bertz CT molecular complexity index is 2630. The Morgan fingerprint density at radius 1 is 0.500 bits per heavy atom. The van der Waals surface area contributed by atoms with Crippen molar-refractivity contribution in [2.75, 3.05) is 14.2 Å². The van der Waals surface area contributed by atoms with Gasteiger partial charge in [0.05, 0.1) is 19.8 Å². The number of methoxy groups -OCH3 is 2. The summed E-state index contributed by atoms with van der Waals surface area (Å²) in [5, 5.41) is -0.232. The number of hydrogen-bond donors (Lipinski definition) is 0. The molecule has 0 saturated heterocycles. The molecule has 14 nitrogen and oxygen atoms in total. The molecule has 0 radical (unpaired) electrons. The van der Waals surface area contributed by atoms with Gasteiger partial charge in [-0.3, -0.25) is 28.8 Å². The average Bonchev–Trinajstić information content (AvgIpc) is 3.10. The molecular formula is C40H30O14. The molecule has 6 rings (SSSR count). The summed E-state index contributed by atoms with van der Waals surface area (Å²) in [6.07, 6.45) is 0. The van der Waals surface area contributed by atoms with Gasteiger partial charge in [-0.15, -0.1) is 0 Å². The van der Waals surface area contributed by atoms with E-state index < -0.39 is 34.7 Å². The Morgan fingerprint density at radius 2 is 1.06 bits per heavy atom. The summed E-state index contributed by atoms with van der Waals surface area (Å²) in [5.74, 6) is -2.60. The number of ether oxygens (including phenoxy) is 6. The molecular weight excluding hydrogens is 704 g/mol. The Balaban J connectivity index is 1.66. The van der Waals surface area contributed by atoms with Crippen molar-refractivity contribution in [2.24, 2.45) is 0 Å². The van der Waals surface area contributed by atoms with Crippen LogP contribution in [0, 0.1) is 0 Å². The first kappa shape index (κ1) is 36.6. The topological polar surface area (TPSA) is 184 Å². The maximum absolute atomic E-state index is 13.9. The first-order valence-electron chi connectivity index (χ1n) is 16.1. The summed E-state index contributed by atoms with van der Waals surface area (Å²) >= 11 is 0. The Morgan fingerprint density at radius 3 is 1.65 bits per heavy atom. The first-order chi connectivity index (χ1) is 25.8. The Kier molecular flexibility index (Phi) is 10.0. The van der Waals surface area contributed by atoms with Crippen LogP contribution < -0.4 is 39.3 Å². The molecule has 0 spiro atoms. The molecule has 0 atom stereocenters. The molecule has 274 valence electrons. The van der Waals surface area contributed by atoms with Crippen LogP contribution in [-0.2, 0) is 19.2 Å². The minimum Gasteiger partial charge on any atom is -0.497 e. The molecule has 0 N–H and O–H groups in total. The highest BCUT2D eigenvalue weighted by atomic mass is 16.6. The average molecular weight is 735 g/mol. The largest absolute Gasteiger partial charge is 0.497 e. The van der Waals surface area contributed by atoms with Gasteiger partial charge in [-0.25, -0.2) is 0 Å². The zero-order chi connectivity index (χ0) is 38.8. The zero-order valence-corrected chi connectivity index (χ0v) is 29.6. The standard InChI is InChI=1S/C40H30O14/c1-19(41)49-26-14-33(50-20(2)42)38-28(45)16-32(53-34(38)15-26)24-9-12-30(48-6)27(13-24)37-35(51-21(3)43)18-36(52-22(4)44)39-29(46)17-31(54-40(37)39)23-7-10-25(47-5)11-8-23/h7-18H,1-6H3. The lowest BCUT2D eigenvalue weighted by Gasteiger charge is -2.18. The molecule has 54 heavy (non-hydrogen) atoms. The first-order valence-corrected chi connectivity index (χ1v) is 16.1. The van der Waals surface area contributed by atoms with E-state index in [1.165, 1.54) is 51.5 Å². The van der Waals surface area contributed by atoms with E-state index in [0.717, 1.165) is 20.8 Å². The van der Waals surface area contributed by atoms with Crippen LogP contribution in [0.4, 0.5) is 0 Å². The van der Waals surface area contributed by atoms with E-state index in [1.54, 1.807) is 42.5 Å². The van der Waals surface area contributed by atoms with Crippen molar-refractivity contribution in [1.29, 1.82) is 0 Å². The minimum absolute atomic E-state index is 0.0143. The fourth-order valence-corrected chi connectivity index (χ4v) is 5.79. The Hall–Kier alpha value is -7.22. The number of rotatable bonds is 9. The van der Waals surface area contributed by atoms with E-state index in [0.29, 0.717) is 11.3 Å². The molecule has 0 unspecified atom stereocenters. The van der Waals surface area contributed by atoms with Gasteiger partial charge in [-0.1, -0.05) is 0 Å². The van der Waals surface area contributed by atoms with E-state index in [2.05, 4.69) is 0 Å². The summed E-state index contributed by atoms with van der Waals surface area (Å²) in [5.41, 5.74) is -0.341. The number of hydrogen-bond acceptors (Lipinski definition) is 14. The fourth-order valence-electron chi connectivity index (χ4n) is 5.79. The van der Waals surface area contributed by atoms with Crippen LogP contribution >= 0.6 is 0 Å². The van der Waals surface area contributed by atoms with Crippen LogP contribution in [0.15, 0.2) is 91.2 Å². The lowest BCUT2D eigenvalue weighted by Crippen LogP contribution is -2.11. The van der Waals surface area contributed by atoms with Gasteiger partial charge in [0, 0.05) is 74.7 Å². The number of carbonyl (C=O) groups is 4. The van der Waals surface area contributed by atoms with Crippen molar-refractivity contribution in [1.82, 2.24) is 0 Å². The molecule has 0 saturated carbocycles. The maximum atomic E-state index is 13.9. The molecule has 2 heterocycles. The normalized spacial score (nSPS) is 10.9. The number of benzene rings is 4. The number of carbonyl (C=O) groups excluding carboxylic acids is 4. The van der Waals surface area contributed by atoms with Crippen molar-refractivity contribution in [3.8, 4) is 68.3 Å². The quantitative estimate of drug-likeness (QED) is 0.114. The van der Waals surface area contributed by atoms with Crippen LogP contribution in [0.5, 0.6) is 34.5 Å². The smallest absolute Gasteiger partial charge is 0.308 e. The van der Waals surface area contributed by atoms with E-state index >= 15 is 0 Å². The monoisotopic (exact) mass is 734 g/mol. The van der Waals surface area contributed by atoms with Crippen LogP contribution in [0.2, 0.25) is 0 Å². The van der Waals surface area contributed by atoms with Crippen molar-refractivity contribution < 1.29 is 56.4 Å². The summed E-state index contributed by atoms with van der Waals surface area (Å²) in [4.78, 5) is 75.8. The molecule has 0 amide bonds. The fraction of sp³-hybridized carbons (Fsp3) is 0.150. The molecule has 0 fully saturated rings. The third kappa shape index (κ3) is 7.39. The SMILES string of the molecule is COc1ccc(-c2cc(=O)c3c(OC(C)=O)cc(OC(C)=O)c(-c4cc(-c5cc(=O)c6c(OC(C)=O)cc(OC(C)=O)cc6o5)ccc4OC)c3o2)cc1. The van der Waals surface area contributed by atoms with Gasteiger partial charge in [0.15, 0.2) is 16.4 Å². The molecule has 0 aliphatic heterocycles. The highest BCUT2D eigenvalue weighted by Crippen LogP contribution is 2.47. The van der Waals surface area contributed by atoms with Crippen LogP contribution in [-0.4, -0.2) is 38.1 Å². The van der Waals surface area contributed by atoms with E-state index in [1.807, 2.05) is 0 Å².